The predicted octanol–water partition coefficient (Wildman–Crippen LogP) is 5.09. The van der Waals surface area contributed by atoms with E-state index in [9.17, 15) is 0 Å². The van der Waals surface area contributed by atoms with Crippen molar-refractivity contribution in [2.24, 2.45) is 16.3 Å². The molecule has 116 valence electrons. The highest BCUT2D eigenvalue weighted by molar-refractivity contribution is 9.10. The SMILES string of the molecule is CC(C)(C)C1CCC2(CC(=NC#N)c3cc(Br)ccc3O2)C1. The molecule has 0 bridgehead atoms. The molecule has 1 saturated carbocycles. The molecule has 1 aliphatic heterocycles. The van der Waals surface area contributed by atoms with Crippen molar-refractivity contribution in [2.75, 3.05) is 0 Å². The minimum absolute atomic E-state index is 0.186. The van der Waals surface area contributed by atoms with Crippen molar-refractivity contribution in [2.45, 2.75) is 52.1 Å². The summed E-state index contributed by atoms with van der Waals surface area (Å²) in [7, 11) is 0. The van der Waals surface area contributed by atoms with Crippen LogP contribution in [0, 0.1) is 22.8 Å². The van der Waals surface area contributed by atoms with E-state index in [2.05, 4.69) is 41.7 Å². The Morgan fingerprint density at radius 1 is 1.41 bits per heavy atom. The van der Waals surface area contributed by atoms with Crippen molar-refractivity contribution in [3.05, 3.63) is 28.2 Å². The van der Waals surface area contributed by atoms with Crippen LogP contribution in [0.2, 0.25) is 0 Å². The summed E-state index contributed by atoms with van der Waals surface area (Å²) in [5.41, 5.74) is 1.91. The fraction of sp³-hybridized carbons (Fsp3) is 0.556. The first-order chi connectivity index (χ1) is 10.3. The van der Waals surface area contributed by atoms with Gasteiger partial charge < -0.3 is 4.74 Å². The zero-order valence-corrected chi connectivity index (χ0v) is 14.9. The number of hydrogen-bond donors (Lipinski definition) is 0. The summed E-state index contributed by atoms with van der Waals surface area (Å²) in [6.45, 7) is 6.90. The summed E-state index contributed by atoms with van der Waals surface area (Å²) in [5, 5.41) is 9.04. The molecule has 1 spiro atoms. The van der Waals surface area contributed by atoms with E-state index >= 15 is 0 Å². The molecule has 22 heavy (non-hydrogen) atoms. The molecule has 0 saturated heterocycles. The van der Waals surface area contributed by atoms with Gasteiger partial charge in [0.05, 0.1) is 5.71 Å². The average molecular weight is 361 g/mol. The van der Waals surface area contributed by atoms with Gasteiger partial charge in [-0.15, -0.1) is 0 Å². The van der Waals surface area contributed by atoms with Crippen LogP contribution in [0.3, 0.4) is 0 Å². The molecule has 4 heteroatoms. The van der Waals surface area contributed by atoms with Crippen molar-refractivity contribution in [3.8, 4) is 11.9 Å². The van der Waals surface area contributed by atoms with Gasteiger partial charge >= 0.3 is 0 Å². The summed E-state index contributed by atoms with van der Waals surface area (Å²) in [6, 6.07) is 5.96. The van der Waals surface area contributed by atoms with Crippen molar-refractivity contribution in [1.29, 1.82) is 5.26 Å². The number of hydrogen-bond acceptors (Lipinski definition) is 3. The first-order valence-corrected chi connectivity index (χ1v) is 8.57. The van der Waals surface area contributed by atoms with E-state index in [1.54, 1.807) is 0 Å². The van der Waals surface area contributed by atoms with Crippen molar-refractivity contribution in [3.63, 3.8) is 0 Å². The van der Waals surface area contributed by atoms with E-state index in [0.717, 1.165) is 40.8 Å². The van der Waals surface area contributed by atoms with E-state index < -0.39 is 0 Å². The van der Waals surface area contributed by atoms with Crippen molar-refractivity contribution >= 4 is 21.6 Å². The van der Waals surface area contributed by atoms with Crippen LogP contribution in [-0.2, 0) is 0 Å². The van der Waals surface area contributed by atoms with Crippen molar-refractivity contribution in [1.82, 2.24) is 0 Å². The molecule has 2 aliphatic rings. The Labute approximate surface area is 140 Å². The Bertz CT molecular complexity index is 669. The number of rotatable bonds is 0. The van der Waals surface area contributed by atoms with Crippen LogP contribution in [0.5, 0.6) is 5.75 Å². The second-order valence-corrected chi connectivity index (χ2v) is 8.48. The zero-order chi connectivity index (χ0) is 16.0. The quantitative estimate of drug-likeness (QED) is 0.605. The highest BCUT2D eigenvalue weighted by Crippen LogP contribution is 2.50. The summed E-state index contributed by atoms with van der Waals surface area (Å²) in [4.78, 5) is 4.09. The fourth-order valence-electron chi connectivity index (χ4n) is 3.73. The van der Waals surface area contributed by atoms with Gasteiger partial charge in [-0.05, 0) is 48.8 Å². The molecule has 2 atom stereocenters. The predicted molar refractivity (Wildman–Crippen MR) is 91.1 cm³/mol. The van der Waals surface area contributed by atoms with Crippen LogP contribution < -0.4 is 4.74 Å². The first-order valence-electron chi connectivity index (χ1n) is 7.78. The molecule has 0 amide bonds. The molecule has 3 nitrogen and oxygen atoms in total. The Morgan fingerprint density at radius 2 is 2.18 bits per heavy atom. The molecule has 1 aromatic carbocycles. The lowest BCUT2D eigenvalue weighted by Gasteiger charge is -2.37. The van der Waals surface area contributed by atoms with Gasteiger partial charge in [0, 0.05) is 16.5 Å². The van der Waals surface area contributed by atoms with Crippen LogP contribution in [0.15, 0.2) is 27.7 Å². The lowest BCUT2D eigenvalue weighted by Crippen LogP contribution is -2.40. The second-order valence-electron chi connectivity index (χ2n) is 7.57. The van der Waals surface area contributed by atoms with Gasteiger partial charge in [0.2, 0.25) is 6.19 Å². The maximum absolute atomic E-state index is 9.04. The Hall–Kier alpha value is -1.34. The van der Waals surface area contributed by atoms with Crippen LogP contribution in [-0.4, -0.2) is 11.3 Å². The highest BCUT2D eigenvalue weighted by Gasteiger charge is 2.48. The van der Waals surface area contributed by atoms with E-state index in [1.807, 2.05) is 24.4 Å². The number of benzene rings is 1. The van der Waals surface area contributed by atoms with Gasteiger partial charge in [-0.25, -0.2) is 0 Å². The number of nitrogens with zero attached hydrogens (tertiary/aromatic N) is 2. The molecule has 1 aliphatic carbocycles. The number of aliphatic imine (C=N–C) groups is 1. The number of halogens is 1. The lowest BCUT2D eigenvalue weighted by atomic mass is 9.78. The third-order valence-corrected chi connectivity index (χ3v) is 5.54. The third-order valence-electron chi connectivity index (χ3n) is 5.05. The van der Waals surface area contributed by atoms with E-state index in [4.69, 9.17) is 10.00 Å². The minimum atomic E-state index is -0.186. The van der Waals surface area contributed by atoms with Gasteiger partial charge in [0.1, 0.15) is 11.4 Å². The highest BCUT2D eigenvalue weighted by atomic mass is 79.9. The molecule has 0 radical (unpaired) electrons. The van der Waals surface area contributed by atoms with Crippen molar-refractivity contribution < 1.29 is 4.74 Å². The molecular weight excluding hydrogens is 340 g/mol. The van der Waals surface area contributed by atoms with Gasteiger partial charge in [-0.2, -0.15) is 10.3 Å². The van der Waals surface area contributed by atoms with Crippen LogP contribution in [0.4, 0.5) is 0 Å². The summed E-state index contributed by atoms with van der Waals surface area (Å²) < 4.78 is 7.41. The zero-order valence-electron chi connectivity index (χ0n) is 13.3. The Balaban J connectivity index is 1.97. The maximum Gasteiger partial charge on any atom is 0.205 e. The van der Waals surface area contributed by atoms with E-state index in [0.29, 0.717) is 11.3 Å². The van der Waals surface area contributed by atoms with Gasteiger partial charge in [0.15, 0.2) is 0 Å². The molecule has 0 N–H and O–H groups in total. The number of ether oxygens (including phenoxy) is 1. The average Bonchev–Trinajstić information content (AvgIpc) is 2.84. The minimum Gasteiger partial charge on any atom is -0.486 e. The summed E-state index contributed by atoms with van der Waals surface area (Å²) >= 11 is 3.49. The second kappa shape index (κ2) is 5.38. The van der Waals surface area contributed by atoms with Gasteiger partial charge in [0.25, 0.3) is 0 Å². The van der Waals surface area contributed by atoms with Crippen LogP contribution >= 0.6 is 15.9 Å². The van der Waals surface area contributed by atoms with Crippen LogP contribution in [0.1, 0.15) is 52.0 Å². The normalized spacial score (nSPS) is 29.2. The lowest BCUT2D eigenvalue weighted by molar-refractivity contribution is 0.0648. The number of fused-ring (bicyclic) bond motifs is 1. The number of nitriles is 1. The van der Waals surface area contributed by atoms with Crippen LogP contribution in [0.25, 0.3) is 0 Å². The third kappa shape index (κ3) is 2.79. The van der Waals surface area contributed by atoms with Gasteiger partial charge in [-0.1, -0.05) is 36.7 Å². The Kier molecular flexibility index (Phi) is 3.81. The Morgan fingerprint density at radius 3 is 2.82 bits per heavy atom. The summed E-state index contributed by atoms with van der Waals surface area (Å²) in [6.07, 6.45) is 5.95. The molecule has 1 heterocycles. The summed E-state index contributed by atoms with van der Waals surface area (Å²) in [5.74, 6) is 1.51. The smallest absolute Gasteiger partial charge is 0.205 e. The van der Waals surface area contributed by atoms with E-state index in [1.165, 1.54) is 6.42 Å². The molecule has 0 aromatic heterocycles. The topological polar surface area (TPSA) is 45.4 Å². The standard InChI is InChI=1S/C18H21BrN2O/c1-17(2,3)12-6-7-18(9-12)10-15(21-11-20)14-8-13(19)4-5-16(14)22-18/h4-5,8,12H,6-7,9-10H2,1-3H3. The van der Waals surface area contributed by atoms with E-state index in [-0.39, 0.29) is 5.60 Å². The molecule has 3 rings (SSSR count). The molecule has 1 fully saturated rings. The molecule has 1 aromatic rings. The largest absolute Gasteiger partial charge is 0.486 e. The fourth-order valence-corrected chi connectivity index (χ4v) is 4.09. The first kappa shape index (κ1) is 15.6. The maximum atomic E-state index is 9.04. The van der Waals surface area contributed by atoms with Gasteiger partial charge in [-0.3, -0.25) is 0 Å². The monoisotopic (exact) mass is 360 g/mol. The molecule has 2 unspecified atom stereocenters. The molecular formula is C18H21BrN2O.